The molecule has 22 heavy (non-hydrogen) atoms. The van der Waals surface area contributed by atoms with Crippen LogP contribution in [0.4, 0.5) is 8.78 Å². The van der Waals surface area contributed by atoms with Crippen LogP contribution in [0.2, 0.25) is 0 Å². The predicted molar refractivity (Wildman–Crippen MR) is 73.8 cm³/mol. The molecule has 7 heteroatoms. The maximum atomic E-state index is 12.3. The van der Waals surface area contributed by atoms with Gasteiger partial charge in [0.2, 0.25) is 5.91 Å². The number of carbonyl (C=O) groups is 2. The smallest absolute Gasteiger partial charge is 0.387 e. The Hall–Kier alpha value is -2.18. The van der Waals surface area contributed by atoms with E-state index < -0.39 is 24.0 Å². The lowest BCUT2D eigenvalue weighted by molar-refractivity contribution is -0.140. The van der Waals surface area contributed by atoms with Crippen molar-refractivity contribution in [1.82, 2.24) is 5.32 Å². The van der Waals surface area contributed by atoms with Crippen molar-refractivity contribution in [3.63, 3.8) is 0 Å². The van der Waals surface area contributed by atoms with Gasteiger partial charge in [-0.3, -0.25) is 9.59 Å². The average molecular weight is 313 g/mol. The molecule has 0 unspecified atom stereocenters. The maximum Gasteiger partial charge on any atom is 0.387 e. The van der Waals surface area contributed by atoms with Gasteiger partial charge in [0.15, 0.2) is 0 Å². The molecule has 0 saturated heterocycles. The molecule has 0 atom stereocenters. The second-order valence-electron chi connectivity index (χ2n) is 5.42. The van der Waals surface area contributed by atoms with Crippen molar-refractivity contribution < 1.29 is 28.2 Å². The molecular weight excluding hydrogens is 296 g/mol. The van der Waals surface area contributed by atoms with Gasteiger partial charge in [0.05, 0.1) is 18.4 Å². The van der Waals surface area contributed by atoms with Gasteiger partial charge in [0.1, 0.15) is 5.75 Å². The molecule has 2 N–H and O–H groups in total. The topological polar surface area (TPSA) is 75.6 Å². The maximum absolute atomic E-state index is 12.3. The summed E-state index contributed by atoms with van der Waals surface area (Å²) in [6, 6.07) is 6.06. The number of alkyl halides is 2. The van der Waals surface area contributed by atoms with Gasteiger partial charge >= 0.3 is 12.6 Å². The monoisotopic (exact) mass is 313 g/mol. The van der Waals surface area contributed by atoms with Crippen molar-refractivity contribution in [1.29, 1.82) is 0 Å². The molecule has 1 aliphatic carbocycles. The summed E-state index contributed by atoms with van der Waals surface area (Å²) in [6.07, 6.45) is 1.82. The summed E-state index contributed by atoms with van der Waals surface area (Å²) in [7, 11) is 0. The van der Waals surface area contributed by atoms with Crippen LogP contribution in [-0.2, 0) is 16.0 Å². The standard InChI is InChI=1S/C15H17F2NO4/c16-14(17)22-11-5-2-1-4-10(11)8-12(19)18-15(6-3-7-15)9-13(20)21/h1-2,4-5,14H,3,6-9H2,(H,18,19)(H,20,21). The SMILES string of the molecule is O=C(O)CC1(NC(=O)Cc2ccccc2OC(F)F)CCC1. The molecule has 1 aromatic rings. The summed E-state index contributed by atoms with van der Waals surface area (Å²) in [5, 5.41) is 11.6. The Morgan fingerprint density at radius 2 is 2.00 bits per heavy atom. The highest BCUT2D eigenvalue weighted by atomic mass is 19.3. The van der Waals surface area contributed by atoms with E-state index in [1.165, 1.54) is 18.2 Å². The third kappa shape index (κ3) is 4.16. The molecule has 0 heterocycles. The second kappa shape index (κ2) is 6.72. The molecule has 1 fully saturated rings. The first-order valence-electron chi connectivity index (χ1n) is 6.96. The van der Waals surface area contributed by atoms with Crippen LogP contribution in [0.25, 0.3) is 0 Å². The summed E-state index contributed by atoms with van der Waals surface area (Å²) < 4.78 is 29.0. The van der Waals surface area contributed by atoms with E-state index in [4.69, 9.17) is 5.11 Å². The van der Waals surface area contributed by atoms with Gasteiger partial charge in [0, 0.05) is 5.56 Å². The lowest BCUT2D eigenvalue weighted by atomic mass is 9.74. The fourth-order valence-corrected chi connectivity index (χ4v) is 2.61. The molecule has 0 aromatic heterocycles. The van der Waals surface area contributed by atoms with E-state index in [0.717, 1.165) is 6.42 Å². The molecule has 120 valence electrons. The summed E-state index contributed by atoms with van der Waals surface area (Å²) in [6.45, 7) is -2.96. The summed E-state index contributed by atoms with van der Waals surface area (Å²) in [5.41, 5.74) is -0.369. The molecule has 5 nitrogen and oxygen atoms in total. The van der Waals surface area contributed by atoms with Crippen molar-refractivity contribution in [3.05, 3.63) is 29.8 Å². The Bertz CT molecular complexity index is 558. The van der Waals surface area contributed by atoms with Crippen LogP contribution in [0.3, 0.4) is 0 Å². The van der Waals surface area contributed by atoms with Crippen molar-refractivity contribution >= 4 is 11.9 Å². The van der Waals surface area contributed by atoms with Crippen molar-refractivity contribution in [2.75, 3.05) is 0 Å². The molecule has 1 saturated carbocycles. The van der Waals surface area contributed by atoms with E-state index in [9.17, 15) is 18.4 Å². The van der Waals surface area contributed by atoms with Crippen LogP contribution < -0.4 is 10.1 Å². The minimum absolute atomic E-state index is 0.0476. The van der Waals surface area contributed by atoms with E-state index in [1.54, 1.807) is 6.07 Å². The van der Waals surface area contributed by atoms with Crippen LogP contribution in [0.5, 0.6) is 5.75 Å². The zero-order valence-corrected chi connectivity index (χ0v) is 11.9. The largest absolute Gasteiger partial charge is 0.481 e. The number of carboxylic acids is 1. The number of hydrogen-bond donors (Lipinski definition) is 2. The normalized spacial score (nSPS) is 16.0. The van der Waals surface area contributed by atoms with E-state index >= 15 is 0 Å². The third-order valence-corrected chi connectivity index (χ3v) is 3.74. The minimum Gasteiger partial charge on any atom is -0.481 e. The van der Waals surface area contributed by atoms with Gasteiger partial charge in [-0.15, -0.1) is 0 Å². The third-order valence-electron chi connectivity index (χ3n) is 3.74. The quantitative estimate of drug-likeness (QED) is 0.810. The highest BCUT2D eigenvalue weighted by Gasteiger charge is 2.40. The fraction of sp³-hybridized carbons (Fsp3) is 0.467. The van der Waals surface area contributed by atoms with Crippen LogP contribution in [0, 0.1) is 0 Å². The number of amides is 1. The number of halogens is 2. The van der Waals surface area contributed by atoms with Crippen molar-refractivity contribution in [2.24, 2.45) is 0 Å². The molecule has 1 amide bonds. The zero-order chi connectivity index (χ0) is 16.2. The van der Waals surface area contributed by atoms with Crippen LogP contribution in [0.15, 0.2) is 24.3 Å². The number of rotatable bonds is 7. The first kappa shape index (κ1) is 16.2. The van der Waals surface area contributed by atoms with Gasteiger partial charge in [-0.1, -0.05) is 18.2 Å². The number of ether oxygens (including phenoxy) is 1. The van der Waals surface area contributed by atoms with E-state index in [2.05, 4.69) is 10.1 Å². The highest BCUT2D eigenvalue weighted by molar-refractivity contribution is 5.81. The minimum atomic E-state index is -2.96. The Kier molecular flexibility index (Phi) is 4.95. The van der Waals surface area contributed by atoms with E-state index in [-0.39, 0.29) is 18.6 Å². The van der Waals surface area contributed by atoms with Gasteiger partial charge in [0.25, 0.3) is 0 Å². The number of para-hydroxylation sites is 1. The molecule has 1 aliphatic rings. The van der Waals surface area contributed by atoms with Gasteiger partial charge in [-0.25, -0.2) is 0 Å². The van der Waals surface area contributed by atoms with Crippen molar-refractivity contribution in [3.8, 4) is 5.75 Å². The number of carboxylic acid groups (broad SMARTS) is 1. The molecule has 0 radical (unpaired) electrons. The van der Waals surface area contributed by atoms with Gasteiger partial charge < -0.3 is 15.2 Å². The lowest BCUT2D eigenvalue weighted by Crippen LogP contribution is -2.55. The van der Waals surface area contributed by atoms with Crippen molar-refractivity contribution in [2.45, 2.75) is 44.3 Å². The number of nitrogens with one attached hydrogen (secondary N) is 1. The van der Waals surface area contributed by atoms with E-state index in [1.807, 2.05) is 0 Å². The van der Waals surface area contributed by atoms with Crippen LogP contribution >= 0.6 is 0 Å². The van der Waals surface area contributed by atoms with Crippen LogP contribution in [-0.4, -0.2) is 29.1 Å². The lowest BCUT2D eigenvalue weighted by Gasteiger charge is -2.41. The zero-order valence-electron chi connectivity index (χ0n) is 11.9. The number of hydrogen-bond acceptors (Lipinski definition) is 3. The molecule has 2 rings (SSSR count). The summed E-state index contributed by atoms with van der Waals surface area (Å²) in [4.78, 5) is 23.0. The molecule has 0 aliphatic heterocycles. The first-order chi connectivity index (χ1) is 10.4. The second-order valence-corrected chi connectivity index (χ2v) is 5.42. The Labute approximate surface area is 126 Å². The first-order valence-corrected chi connectivity index (χ1v) is 6.96. The molecule has 0 spiro atoms. The van der Waals surface area contributed by atoms with Gasteiger partial charge in [-0.2, -0.15) is 8.78 Å². The average Bonchev–Trinajstić information content (AvgIpc) is 2.37. The predicted octanol–water partition coefficient (Wildman–Crippen LogP) is 2.34. The number of carbonyl (C=O) groups excluding carboxylic acids is 1. The highest BCUT2D eigenvalue weighted by Crippen LogP contribution is 2.35. The Morgan fingerprint density at radius 3 is 2.55 bits per heavy atom. The van der Waals surface area contributed by atoms with Crippen LogP contribution in [0.1, 0.15) is 31.2 Å². The summed E-state index contributed by atoms with van der Waals surface area (Å²) in [5.74, 6) is -1.42. The molecule has 0 bridgehead atoms. The Morgan fingerprint density at radius 1 is 1.32 bits per heavy atom. The summed E-state index contributed by atoms with van der Waals surface area (Å²) >= 11 is 0. The Balaban J connectivity index is 2.01. The van der Waals surface area contributed by atoms with Gasteiger partial charge in [-0.05, 0) is 25.3 Å². The molecular formula is C15H17F2NO4. The number of aliphatic carboxylic acids is 1. The fourth-order valence-electron chi connectivity index (χ4n) is 2.61. The molecule has 1 aromatic carbocycles. The van der Waals surface area contributed by atoms with E-state index in [0.29, 0.717) is 18.4 Å². The number of benzene rings is 1.